The van der Waals surface area contributed by atoms with Crippen LogP contribution in [0.1, 0.15) is 16.7 Å². The van der Waals surface area contributed by atoms with Crippen molar-refractivity contribution >= 4 is 29.8 Å². The summed E-state index contributed by atoms with van der Waals surface area (Å²) < 4.78 is 21.5. The fourth-order valence-electron chi connectivity index (χ4n) is 3.21. The summed E-state index contributed by atoms with van der Waals surface area (Å²) in [7, 11) is 6.30. The molecule has 0 atom stereocenters. The van der Waals surface area contributed by atoms with E-state index in [1.54, 1.807) is 40.6 Å². The van der Waals surface area contributed by atoms with Gasteiger partial charge in [0, 0.05) is 12.1 Å². The summed E-state index contributed by atoms with van der Waals surface area (Å²) in [6.07, 6.45) is 7.07. The average Bonchev–Trinajstić information content (AvgIpc) is 2.86. The molecule has 3 aromatic rings. The molecular formula is C27H27NO5. The van der Waals surface area contributed by atoms with Gasteiger partial charge in [0.05, 0.1) is 34.1 Å². The van der Waals surface area contributed by atoms with Gasteiger partial charge in [-0.25, -0.2) is 0 Å². The standard InChI is InChI=1S/C27H27NO5/c1-30-22-14-13-21(12-10-20-16-24(31-2)27(33-4)25(17-20)32-3)23(18-22)28-26(29)15-11-19-8-6-5-7-9-19/h5-18H,1-4H3,(H,28,29)/b12-10?,15-11+. The first-order valence-corrected chi connectivity index (χ1v) is 10.3. The van der Waals surface area contributed by atoms with Crippen LogP contribution in [0.4, 0.5) is 5.69 Å². The zero-order valence-corrected chi connectivity index (χ0v) is 19.1. The number of nitrogens with one attached hydrogen (secondary N) is 1. The summed E-state index contributed by atoms with van der Waals surface area (Å²) in [6.45, 7) is 0. The molecule has 0 saturated carbocycles. The molecule has 33 heavy (non-hydrogen) atoms. The quantitative estimate of drug-likeness (QED) is 0.346. The van der Waals surface area contributed by atoms with Crippen molar-refractivity contribution in [3.05, 3.63) is 83.4 Å². The monoisotopic (exact) mass is 445 g/mol. The van der Waals surface area contributed by atoms with Crippen LogP contribution in [0.2, 0.25) is 0 Å². The smallest absolute Gasteiger partial charge is 0.248 e. The van der Waals surface area contributed by atoms with E-state index in [4.69, 9.17) is 18.9 Å². The number of rotatable bonds is 9. The molecule has 3 aromatic carbocycles. The average molecular weight is 446 g/mol. The number of benzene rings is 3. The van der Waals surface area contributed by atoms with Crippen molar-refractivity contribution in [1.82, 2.24) is 0 Å². The molecule has 0 unspecified atom stereocenters. The highest BCUT2D eigenvalue weighted by Gasteiger charge is 2.12. The molecule has 0 spiro atoms. The van der Waals surface area contributed by atoms with Gasteiger partial charge in [-0.2, -0.15) is 0 Å². The number of ether oxygens (including phenoxy) is 4. The zero-order valence-electron chi connectivity index (χ0n) is 19.1. The summed E-state index contributed by atoms with van der Waals surface area (Å²) in [6, 6.07) is 18.8. The Morgan fingerprint density at radius 2 is 1.42 bits per heavy atom. The van der Waals surface area contributed by atoms with Crippen molar-refractivity contribution in [2.45, 2.75) is 0 Å². The van der Waals surface area contributed by atoms with Crippen LogP contribution < -0.4 is 24.3 Å². The second kappa shape index (κ2) is 11.4. The van der Waals surface area contributed by atoms with Gasteiger partial charge in [0.15, 0.2) is 11.5 Å². The molecule has 0 aromatic heterocycles. The molecule has 6 nitrogen and oxygen atoms in total. The summed E-state index contributed by atoms with van der Waals surface area (Å²) >= 11 is 0. The van der Waals surface area contributed by atoms with Crippen LogP contribution in [0.3, 0.4) is 0 Å². The molecule has 0 aliphatic heterocycles. The number of carbonyl (C=O) groups is 1. The Labute approximate surface area is 194 Å². The third-order valence-electron chi connectivity index (χ3n) is 4.89. The molecular weight excluding hydrogens is 418 g/mol. The molecule has 3 rings (SSSR count). The second-order valence-electron chi connectivity index (χ2n) is 6.98. The van der Waals surface area contributed by atoms with Crippen LogP contribution in [0.5, 0.6) is 23.0 Å². The molecule has 170 valence electrons. The van der Waals surface area contributed by atoms with Gasteiger partial charge in [0.25, 0.3) is 0 Å². The van der Waals surface area contributed by atoms with E-state index in [1.165, 1.54) is 6.08 Å². The Kier molecular flexibility index (Phi) is 8.13. The topological polar surface area (TPSA) is 66.0 Å². The van der Waals surface area contributed by atoms with Crippen LogP contribution in [0.15, 0.2) is 66.7 Å². The summed E-state index contributed by atoms with van der Waals surface area (Å²) in [5.74, 6) is 2.05. The van der Waals surface area contributed by atoms with E-state index in [0.717, 1.165) is 16.7 Å². The number of amides is 1. The van der Waals surface area contributed by atoms with Gasteiger partial charge in [-0.1, -0.05) is 42.5 Å². The first-order chi connectivity index (χ1) is 16.1. The second-order valence-corrected chi connectivity index (χ2v) is 6.98. The minimum absolute atomic E-state index is 0.241. The number of hydrogen-bond donors (Lipinski definition) is 1. The highest BCUT2D eigenvalue weighted by Crippen LogP contribution is 2.38. The molecule has 0 radical (unpaired) electrons. The highest BCUT2D eigenvalue weighted by molar-refractivity contribution is 6.03. The van der Waals surface area contributed by atoms with E-state index < -0.39 is 0 Å². The van der Waals surface area contributed by atoms with Gasteiger partial charge < -0.3 is 24.3 Å². The summed E-state index contributed by atoms with van der Waals surface area (Å²) in [5, 5.41) is 2.93. The molecule has 0 aliphatic rings. The third kappa shape index (κ3) is 6.17. The van der Waals surface area contributed by atoms with Gasteiger partial charge in [-0.3, -0.25) is 4.79 Å². The molecule has 0 aliphatic carbocycles. The third-order valence-corrected chi connectivity index (χ3v) is 4.89. The summed E-state index contributed by atoms with van der Waals surface area (Å²) in [4.78, 5) is 12.5. The SMILES string of the molecule is COc1ccc(C=Cc2cc(OC)c(OC)c(OC)c2)c(NC(=O)/C=C/c2ccccc2)c1. The van der Waals surface area contributed by atoms with Crippen molar-refractivity contribution in [3.8, 4) is 23.0 Å². The van der Waals surface area contributed by atoms with Crippen molar-refractivity contribution in [2.75, 3.05) is 33.8 Å². The number of hydrogen-bond acceptors (Lipinski definition) is 5. The van der Waals surface area contributed by atoms with Gasteiger partial charge in [0.1, 0.15) is 5.75 Å². The highest BCUT2D eigenvalue weighted by atomic mass is 16.5. The van der Waals surface area contributed by atoms with Gasteiger partial charge in [0.2, 0.25) is 11.7 Å². The maximum atomic E-state index is 12.5. The van der Waals surface area contributed by atoms with Gasteiger partial charge >= 0.3 is 0 Å². The lowest BCUT2D eigenvalue weighted by Gasteiger charge is -2.13. The Morgan fingerprint density at radius 1 is 0.727 bits per heavy atom. The minimum Gasteiger partial charge on any atom is -0.497 e. The van der Waals surface area contributed by atoms with Gasteiger partial charge in [-0.05, 0) is 47.0 Å². The predicted octanol–water partition coefficient (Wildman–Crippen LogP) is 5.54. The van der Waals surface area contributed by atoms with E-state index in [1.807, 2.05) is 66.7 Å². The van der Waals surface area contributed by atoms with Crippen molar-refractivity contribution in [1.29, 1.82) is 0 Å². The lowest BCUT2D eigenvalue weighted by Crippen LogP contribution is -2.09. The minimum atomic E-state index is -0.241. The van der Waals surface area contributed by atoms with Crippen LogP contribution >= 0.6 is 0 Å². The van der Waals surface area contributed by atoms with E-state index in [9.17, 15) is 4.79 Å². The molecule has 1 amide bonds. The van der Waals surface area contributed by atoms with Crippen molar-refractivity contribution in [3.63, 3.8) is 0 Å². The first-order valence-electron chi connectivity index (χ1n) is 10.3. The summed E-state index contributed by atoms with van der Waals surface area (Å²) in [5.41, 5.74) is 3.23. The molecule has 0 fully saturated rings. The largest absolute Gasteiger partial charge is 0.497 e. The van der Waals surface area contributed by atoms with Crippen LogP contribution in [-0.4, -0.2) is 34.3 Å². The molecule has 0 bridgehead atoms. The van der Waals surface area contributed by atoms with Crippen LogP contribution in [0, 0.1) is 0 Å². The zero-order chi connectivity index (χ0) is 23.6. The lowest BCUT2D eigenvalue weighted by molar-refractivity contribution is -0.111. The Morgan fingerprint density at radius 3 is 2.03 bits per heavy atom. The first kappa shape index (κ1) is 23.5. The Hall–Kier alpha value is -4.19. The molecule has 6 heteroatoms. The van der Waals surface area contributed by atoms with Crippen LogP contribution in [-0.2, 0) is 4.79 Å². The maximum absolute atomic E-state index is 12.5. The number of methoxy groups -OCH3 is 4. The molecule has 0 heterocycles. The molecule has 1 N–H and O–H groups in total. The van der Waals surface area contributed by atoms with Gasteiger partial charge in [-0.15, -0.1) is 0 Å². The van der Waals surface area contributed by atoms with E-state index >= 15 is 0 Å². The number of carbonyl (C=O) groups excluding carboxylic acids is 1. The van der Waals surface area contributed by atoms with E-state index in [-0.39, 0.29) is 5.91 Å². The Balaban J connectivity index is 1.87. The Bertz CT molecular complexity index is 1130. The predicted molar refractivity (Wildman–Crippen MR) is 132 cm³/mol. The van der Waals surface area contributed by atoms with E-state index in [2.05, 4.69) is 5.32 Å². The molecule has 0 saturated heterocycles. The maximum Gasteiger partial charge on any atom is 0.248 e. The van der Waals surface area contributed by atoms with Crippen LogP contribution in [0.25, 0.3) is 18.2 Å². The normalized spacial score (nSPS) is 10.9. The van der Waals surface area contributed by atoms with Crippen molar-refractivity contribution < 1.29 is 23.7 Å². The lowest BCUT2D eigenvalue weighted by atomic mass is 10.1. The fourth-order valence-corrected chi connectivity index (χ4v) is 3.21. The van der Waals surface area contributed by atoms with Crippen molar-refractivity contribution in [2.24, 2.45) is 0 Å². The van der Waals surface area contributed by atoms with E-state index in [0.29, 0.717) is 28.7 Å². The fraction of sp³-hybridized carbons (Fsp3) is 0.148. The number of anilines is 1.